The molecule has 0 N–H and O–H groups in total. The lowest BCUT2D eigenvalue weighted by atomic mass is 9.86. The smallest absolute Gasteiger partial charge is 0.170 e. The molecule has 2 atom stereocenters. The van der Waals surface area contributed by atoms with Crippen molar-refractivity contribution in [2.75, 3.05) is 0 Å². The number of hydrogen-bond donors (Lipinski definition) is 0. The van der Waals surface area contributed by atoms with Gasteiger partial charge in [-0.3, -0.25) is 0 Å². The molecule has 1 saturated heterocycles. The second kappa shape index (κ2) is 6.10. The third kappa shape index (κ3) is 2.93. The number of benzene rings is 2. The normalized spacial score (nSPS) is 27.3. The Morgan fingerprint density at radius 2 is 1.17 bits per heavy atom. The van der Waals surface area contributed by atoms with Crippen molar-refractivity contribution >= 4 is 0 Å². The van der Waals surface area contributed by atoms with Gasteiger partial charge in [0.1, 0.15) is 12.2 Å². The molecule has 0 radical (unpaired) electrons. The van der Waals surface area contributed by atoms with Gasteiger partial charge >= 0.3 is 0 Å². The maximum Gasteiger partial charge on any atom is 0.170 e. The summed E-state index contributed by atoms with van der Waals surface area (Å²) in [5.74, 6) is 0.381. The van der Waals surface area contributed by atoms with Crippen molar-refractivity contribution in [1.82, 2.24) is 0 Å². The zero-order valence-electron chi connectivity index (χ0n) is 13.7. The largest absolute Gasteiger partial charge is 0.339 e. The maximum absolute atomic E-state index is 6.57. The molecule has 0 amide bonds. The van der Waals surface area contributed by atoms with Crippen molar-refractivity contribution in [3.05, 3.63) is 71.8 Å². The van der Waals surface area contributed by atoms with Gasteiger partial charge in [-0.05, 0) is 29.9 Å². The standard InChI is InChI=1S/C21H24O2/c1-16-12-14-21(15-13-16)22-19(17-8-4-2-5-9-17)20(23-21)18-10-6-3-7-11-18/h2-11,16,19-20H,12-15H2,1H3/t19-,20-/m0/s1. The van der Waals surface area contributed by atoms with Crippen LogP contribution < -0.4 is 0 Å². The molecule has 1 saturated carbocycles. The monoisotopic (exact) mass is 308 g/mol. The first-order chi connectivity index (χ1) is 11.3. The molecule has 2 nitrogen and oxygen atoms in total. The Balaban J connectivity index is 1.67. The third-order valence-corrected chi connectivity index (χ3v) is 5.25. The molecule has 2 aromatic rings. The minimum absolute atomic E-state index is 0.0213. The van der Waals surface area contributed by atoms with Crippen LogP contribution in [-0.2, 0) is 9.47 Å². The van der Waals surface area contributed by atoms with E-state index in [1.54, 1.807) is 0 Å². The van der Waals surface area contributed by atoms with E-state index in [0.717, 1.165) is 18.8 Å². The Labute approximate surface area is 138 Å². The molecule has 1 aliphatic heterocycles. The van der Waals surface area contributed by atoms with Crippen LogP contribution in [0.5, 0.6) is 0 Å². The summed E-state index contributed by atoms with van der Waals surface area (Å²) in [5.41, 5.74) is 2.41. The van der Waals surface area contributed by atoms with E-state index in [-0.39, 0.29) is 12.2 Å². The highest BCUT2D eigenvalue weighted by Crippen LogP contribution is 2.52. The number of ether oxygens (including phenoxy) is 2. The molecule has 0 bridgehead atoms. The molecular weight excluding hydrogens is 284 g/mol. The van der Waals surface area contributed by atoms with E-state index in [4.69, 9.17) is 9.47 Å². The Kier molecular flexibility index (Phi) is 3.96. The van der Waals surface area contributed by atoms with Gasteiger partial charge < -0.3 is 9.47 Å². The van der Waals surface area contributed by atoms with Crippen LogP contribution in [0.2, 0.25) is 0 Å². The molecule has 1 heterocycles. The topological polar surface area (TPSA) is 18.5 Å². The van der Waals surface area contributed by atoms with Crippen LogP contribution in [0.4, 0.5) is 0 Å². The lowest BCUT2D eigenvalue weighted by Crippen LogP contribution is -2.34. The summed E-state index contributed by atoms with van der Waals surface area (Å²) in [6.45, 7) is 2.32. The van der Waals surface area contributed by atoms with Gasteiger partial charge in [-0.25, -0.2) is 0 Å². The van der Waals surface area contributed by atoms with E-state index in [0.29, 0.717) is 0 Å². The van der Waals surface area contributed by atoms with E-state index < -0.39 is 5.79 Å². The van der Waals surface area contributed by atoms with E-state index >= 15 is 0 Å². The van der Waals surface area contributed by atoms with Crippen molar-refractivity contribution in [2.45, 2.75) is 50.6 Å². The maximum atomic E-state index is 6.57. The molecule has 1 spiro atoms. The molecule has 0 unspecified atom stereocenters. The van der Waals surface area contributed by atoms with Gasteiger partial charge in [0.15, 0.2) is 5.79 Å². The second-order valence-corrected chi connectivity index (χ2v) is 6.99. The van der Waals surface area contributed by atoms with Gasteiger partial charge in [0.25, 0.3) is 0 Å². The van der Waals surface area contributed by atoms with Crippen LogP contribution in [0, 0.1) is 5.92 Å². The van der Waals surface area contributed by atoms with Crippen LogP contribution >= 0.6 is 0 Å². The summed E-state index contributed by atoms with van der Waals surface area (Å²) in [6, 6.07) is 21.0. The quantitative estimate of drug-likeness (QED) is 0.737. The predicted octanol–water partition coefficient (Wildman–Crippen LogP) is 5.42. The summed E-state index contributed by atoms with van der Waals surface area (Å²) in [6.07, 6.45) is 4.33. The van der Waals surface area contributed by atoms with Gasteiger partial charge in [-0.15, -0.1) is 0 Å². The summed E-state index contributed by atoms with van der Waals surface area (Å²) in [4.78, 5) is 0. The lowest BCUT2D eigenvalue weighted by molar-refractivity contribution is -0.199. The molecule has 2 fully saturated rings. The van der Waals surface area contributed by atoms with E-state index in [2.05, 4.69) is 67.6 Å². The Bertz CT molecular complexity index is 580. The average molecular weight is 308 g/mol. The molecule has 2 aromatic carbocycles. The third-order valence-electron chi connectivity index (χ3n) is 5.25. The predicted molar refractivity (Wildman–Crippen MR) is 90.9 cm³/mol. The SMILES string of the molecule is CC1CCC2(CC1)O[C@@H](c1ccccc1)[C@H](c1ccccc1)O2. The second-order valence-electron chi connectivity index (χ2n) is 6.99. The van der Waals surface area contributed by atoms with E-state index in [1.165, 1.54) is 24.0 Å². The van der Waals surface area contributed by atoms with E-state index in [1.807, 2.05) is 0 Å². The zero-order chi connectivity index (χ0) is 15.7. The number of rotatable bonds is 2. The molecular formula is C21H24O2. The highest BCUT2D eigenvalue weighted by molar-refractivity contribution is 5.26. The van der Waals surface area contributed by atoms with Crippen LogP contribution in [0.15, 0.2) is 60.7 Å². The molecule has 4 rings (SSSR count). The fourth-order valence-corrected chi connectivity index (χ4v) is 3.82. The first kappa shape index (κ1) is 14.9. The highest BCUT2D eigenvalue weighted by atomic mass is 16.8. The fraction of sp³-hybridized carbons (Fsp3) is 0.429. The van der Waals surface area contributed by atoms with Crippen molar-refractivity contribution < 1.29 is 9.47 Å². The molecule has 23 heavy (non-hydrogen) atoms. The van der Waals surface area contributed by atoms with Crippen LogP contribution in [0.1, 0.15) is 55.9 Å². The van der Waals surface area contributed by atoms with Gasteiger partial charge in [-0.2, -0.15) is 0 Å². The van der Waals surface area contributed by atoms with Crippen LogP contribution in [0.3, 0.4) is 0 Å². The van der Waals surface area contributed by atoms with Gasteiger partial charge in [0, 0.05) is 12.8 Å². The Morgan fingerprint density at radius 1 is 0.739 bits per heavy atom. The van der Waals surface area contributed by atoms with Gasteiger partial charge in [0.05, 0.1) is 0 Å². The molecule has 120 valence electrons. The molecule has 1 aliphatic carbocycles. The molecule has 2 aliphatic rings. The Hall–Kier alpha value is -1.64. The van der Waals surface area contributed by atoms with Gasteiger partial charge in [-0.1, -0.05) is 67.6 Å². The summed E-state index contributed by atoms with van der Waals surface area (Å²) < 4.78 is 13.1. The van der Waals surface area contributed by atoms with Crippen LogP contribution in [0.25, 0.3) is 0 Å². The van der Waals surface area contributed by atoms with E-state index in [9.17, 15) is 0 Å². The Morgan fingerprint density at radius 3 is 1.61 bits per heavy atom. The fourth-order valence-electron chi connectivity index (χ4n) is 3.82. The highest BCUT2D eigenvalue weighted by Gasteiger charge is 2.49. The summed E-state index contributed by atoms with van der Waals surface area (Å²) in [7, 11) is 0. The van der Waals surface area contributed by atoms with Crippen molar-refractivity contribution in [2.24, 2.45) is 5.92 Å². The summed E-state index contributed by atoms with van der Waals surface area (Å²) >= 11 is 0. The average Bonchev–Trinajstić information content (AvgIpc) is 2.99. The summed E-state index contributed by atoms with van der Waals surface area (Å²) in [5, 5.41) is 0. The molecule has 2 heteroatoms. The van der Waals surface area contributed by atoms with Gasteiger partial charge in [0.2, 0.25) is 0 Å². The number of hydrogen-bond acceptors (Lipinski definition) is 2. The molecule has 0 aromatic heterocycles. The zero-order valence-corrected chi connectivity index (χ0v) is 13.7. The van der Waals surface area contributed by atoms with Crippen molar-refractivity contribution in [1.29, 1.82) is 0 Å². The first-order valence-corrected chi connectivity index (χ1v) is 8.71. The van der Waals surface area contributed by atoms with Crippen molar-refractivity contribution in [3.63, 3.8) is 0 Å². The lowest BCUT2D eigenvalue weighted by Gasteiger charge is -2.34. The first-order valence-electron chi connectivity index (χ1n) is 8.71. The minimum atomic E-state index is -0.395. The minimum Gasteiger partial charge on any atom is -0.339 e. The van der Waals surface area contributed by atoms with Crippen LogP contribution in [-0.4, -0.2) is 5.79 Å². The van der Waals surface area contributed by atoms with Crippen molar-refractivity contribution in [3.8, 4) is 0 Å².